The fourth-order valence-corrected chi connectivity index (χ4v) is 1.34. The quantitative estimate of drug-likeness (QED) is 0.628. The molecule has 0 saturated carbocycles. The SMILES string of the molecule is N#CC(=CNc1ccc(F)cc1C=O)c1nn[nH]n1. The van der Waals surface area contributed by atoms with Crippen LogP contribution in [-0.2, 0) is 0 Å². The van der Waals surface area contributed by atoms with E-state index >= 15 is 0 Å². The van der Waals surface area contributed by atoms with Crippen LogP contribution in [0.3, 0.4) is 0 Å². The standard InChI is InChI=1S/C11H7FN6O/c12-9-1-2-10(7(3-9)6-19)14-5-8(4-13)11-15-17-18-16-11/h1-3,5-6,14H,(H,15,16,17,18). The van der Waals surface area contributed by atoms with Crippen molar-refractivity contribution in [2.75, 3.05) is 5.32 Å². The van der Waals surface area contributed by atoms with Gasteiger partial charge in [0.2, 0.25) is 5.82 Å². The number of hydrogen-bond donors (Lipinski definition) is 2. The third-order valence-electron chi connectivity index (χ3n) is 2.22. The zero-order valence-corrected chi connectivity index (χ0v) is 9.46. The van der Waals surface area contributed by atoms with E-state index in [1.807, 2.05) is 6.07 Å². The van der Waals surface area contributed by atoms with Crippen LogP contribution in [0.4, 0.5) is 10.1 Å². The summed E-state index contributed by atoms with van der Waals surface area (Å²) in [7, 11) is 0. The lowest BCUT2D eigenvalue weighted by Crippen LogP contribution is -1.97. The number of aromatic nitrogens is 4. The molecule has 0 aliphatic rings. The molecule has 0 spiro atoms. The lowest BCUT2D eigenvalue weighted by Gasteiger charge is -2.04. The van der Waals surface area contributed by atoms with Gasteiger partial charge in [0.1, 0.15) is 17.5 Å². The summed E-state index contributed by atoms with van der Waals surface area (Å²) in [6.07, 6.45) is 1.82. The summed E-state index contributed by atoms with van der Waals surface area (Å²) >= 11 is 0. The molecular formula is C11H7FN6O. The van der Waals surface area contributed by atoms with Crippen LogP contribution in [0.15, 0.2) is 24.4 Å². The van der Waals surface area contributed by atoms with E-state index in [1.165, 1.54) is 18.3 Å². The Balaban J connectivity index is 2.27. The first-order valence-corrected chi connectivity index (χ1v) is 5.10. The average molecular weight is 258 g/mol. The molecule has 8 heteroatoms. The number of aldehydes is 1. The number of hydrogen-bond acceptors (Lipinski definition) is 6. The Morgan fingerprint density at radius 3 is 3.00 bits per heavy atom. The largest absolute Gasteiger partial charge is 0.360 e. The topological polar surface area (TPSA) is 107 Å². The minimum absolute atomic E-state index is 0.116. The molecule has 7 nitrogen and oxygen atoms in total. The highest BCUT2D eigenvalue weighted by Crippen LogP contribution is 2.16. The Kier molecular flexibility index (Phi) is 3.59. The normalized spacial score (nSPS) is 10.8. The maximum Gasteiger partial charge on any atom is 0.216 e. The van der Waals surface area contributed by atoms with Gasteiger partial charge in [0, 0.05) is 17.5 Å². The molecule has 0 atom stereocenters. The third kappa shape index (κ3) is 2.78. The van der Waals surface area contributed by atoms with Crippen molar-refractivity contribution in [3.63, 3.8) is 0 Å². The highest BCUT2D eigenvalue weighted by molar-refractivity contribution is 5.85. The lowest BCUT2D eigenvalue weighted by atomic mass is 10.2. The molecule has 0 saturated heterocycles. The minimum atomic E-state index is -0.518. The highest BCUT2D eigenvalue weighted by atomic mass is 19.1. The number of H-pyrrole nitrogens is 1. The number of tetrazole rings is 1. The molecule has 2 aromatic rings. The van der Waals surface area contributed by atoms with Gasteiger partial charge in [-0.2, -0.15) is 10.5 Å². The van der Waals surface area contributed by atoms with Crippen LogP contribution >= 0.6 is 0 Å². The van der Waals surface area contributed by atoms with Crippen molar-refractivity contribution < 1.29 is 9.18 Å². The number of rotatable bonds is 4. The van der Waals surface area contributed by atoms with E-state index in [9.17, 15) is 9.18 Å². The van der Waals surface area contributed by atoms with Crippen LogP contribution < -0.4 is 5.32 Å². The molecule has 0 fully saturated rings. The maximum atomic E-state index is 12.9. The molecule has 19 heavy (non-hydrogen) atoms. The predicted octanol–water partition coefficient (Wildman–Crippen LogP) is 1.13. The smallest absolute Gasteiger partial charge is 0.216 e. The van der Waals surface area contributed by atoms with Crippen molar-refractivity contribution in [1.82, 2.24) is 20.6 Å². The number of carbonyl (C=O) groups excluding carboxylic acids is 1. The molecule has 0 aliphatic carbocycles. The number of anilines is 1. The number of nitrogens with one attached hydrogen (secondary N) is 2. The number of nitriles is 1. The first kappa shape index (κ1) is 12.4. The van der Waals surface area contributed by atoms with E-state index in [-0.39, 0.29) is 17.0 Å². The molecule has 1 heterocycles. The summed E-state index contributed by atoms with van der Waals surface area (Å²) < 4.78 is 12.9. The minimum Gasteiger partial charge on any atom is -0.360 e. The summed E-state index contributed by atoms with van der Waals surface area (Å²) in [6.45, 7) is 0. The Labute approximate surface area is 106 Å². The average Bonchev–Trinajstić information content (AvgIpc) is 2.94. The van der Waals surface area contributed by atoms with Crippen molar-refractivity contribution >= 4 is 17.5 Å². The zero-order chi connectivity index (χ0) is 13.7. The predicted molar refractivity (Wildman–Crippen MR) is 63.2 cm³/mol. The third-order valence-corrected chi connectivity index (χ3v) is 2.22. The van der Waals surface area contributed by atoms with Gasteiger partial charge in [0.25, 0.3) is 0 Å². The Morgan fingerprint density at radius 1 is 1.53 bits per heavy atom. The number of nitrogens with zero attached hydrogens (tertiary/aromatic N) is 4. The van der Waals surface area contributed by atoms with E-state index in [4.69, 9.17) is 5.26 Å². The fourth-order valence-electron chi connectivity index (χ4n) is 1.34. The van der Waals surface area contributed by atoms with Gasteiger partial charge in [-0.1, -0.05) is 0 Å². The molecule has 0 aliphatic heterocycles. The first-order chi connectivity index (χ1) is 9.24. The van der Waals surface area contributed by atoms with Gasteiger partial charge >= 0.3 is 0 Å². The number of aromatic amines is 1. The molecule has 0 bridgehead atoms. The Hall–Kier alpha value is -3.08. The van der Waals surface area contributed by atoms with E-state index in [0.717, 1.165) is 6.07 Å². The van der Waals surface area contributed by atoms with Crippen LogP contribution in [0.25, 0.3) is 5.57 Å². The lowest BCUT2D eigenvalue weighted by molar-refractivity contribution is 0.112. The van der Waals surface area contributed by atoms with Gasteiger partial charge in [0.05, 0.1) is 0 Å². The molecule has 2 rings (SSSR count). The van der Waals surface area contributed by atoms with Crippen LogP contribution in [0.2, 0.25) is 0 Å². The van der Waals surface area contributed by atoms with Crippen LogP contribution in [0.1, 0.15) is 16.2 Å². The summed E-state index contributed by atoms with van der Waals surface area (Å²) in [5.74, 6) is -0.403. The number of allylic oxidation sites excluding steroid dienone is 1. The molecule has 0 amide bonds. The maximum absolute atomic E-state index is 12.9. The second-order valence-corrected chi connectivity index (χ2v) is 3.40. The van der Waals surface area contributed by atoms with Gasteiger partial charge in [-0.3, -0.25) is 4.79 Å². The van der Waals surface area contributed by atoms with E-state index in [0.29, 0.717) is 12.0 Å². The summed E-state index contributed by atoms with van der Waals surface area (Å²) in [4.78, 5) is 10.8. The van der Waals surface area contributed by atoms with Crippen molar-refractivity contribution in [1.29, 1.82) is 5.26 Å². The highest BCUT2D eigenvalue weighted by Gasteiger charge is 2.07. The molecule has 1 aromatic heterocycles. The van der Waals surface area contributed by atoms with Crippen molar-refractivity contribution in [2.24, 2.45) is 0 Å². The van der Waals surface area contributed by atoms with Gasteiger partial charge in [-0.05, 0) is 23.4 Å². The van der Waals surface area contributed by atoms with Gasteiger partial charge in [0.15, 0.2) is 6.29 Å². The van der Waals surface area contributed by atoms with E-state index in [1.54, 1.807) is 0 Å². The monoisotopic (exact) mass is 258 g/mol. The second-order valence-electron chi connectivity index (χ2n) is 3.40. The summed E-state index contributed by atoms with van der Waals surface area (Å²) in [6, 6.07) is 5.55. The van der Waals surface area contributed by atoms with Crippen LogP contribution in [0.5, 0.6) is 0 Å². The van der Waals surface area contributed by atoms with Crippen molar-refractivity contribution in [3.05, 3.63) is 41.6 Å². The summed E-state index contributed by atoms with van der Waals surface area (Å²) in [5.41, 5.74) is 0.629. The fraction of sp³-hybridized carbons (Fsp3) is 0. The van der Waals surface area contributed by atoms with Gasteiger partial charge in [-0.25, -0.2) is 4.39 Å². The number of carbonyl (C=O) groups is 1. The molecule has 1 aromatic carbocycles. The van der Waals surface area contributed by atoms with Gasteiger partial charge in [-0.15, -0.1) is 10.2 Å². The Bertz CT molecular complexity index is 658. The molecule has 0 radical (unpaired) electrons. The van der Waals surface area contributed by atoms with Crippen LogP contribution in [0, 0.1) is 17.1 Å². The molecular weight excluding hydrogens is 251 g/mol. The van der Waals surface area contributed by atoms with Crippen molar-refractivity contribution in [3.8, 4) is 6.07 Å². The number of benzene rings is 1. The molecule has 94 valence electrons. The van der Waals surface area contributed by atoms with E-state index < -0.39 is 5.82 Å². The van der Waals surface area contributed by atoms with E-state index in [2.05, 4.69) is 25.9 Å². The summed E-state index contributed by atoms with van der Waals surface area (Å²) in [5, 5.41) is 24.5. The molecule has 0 unspecified atom stereocenters. The zero-order valence-electron chi connectivity index (χ0n) is 9.46. The van der Waals surface area contributed by atoms with Crippen molar-refractivity contribution in [2.45, 2.75) is 0 Å². The Morgan fingerprint density at radius 2 is 2.37 bits per heavy atom. The van der Waals surface area contributed by atoms with Crippen LogP contribution in [-0.4, -0.2) is 26.9 Å². The molecule has 2 N–H and O–H groups in total. The van der Waals surface area contributed by atoms with Gasteiger partial charge < -0.3 is 5.32 Å². The first-order valence-electron chi connectivity index (χ1n) is 5.10. The second kappa shape index (κ2) is 5.50. The number of halogens is 1.